The Kier molecular flexibility index (Phi) is 6.25. The Bertz CT molecular complexity index is 492. The molecule has 1 saturated carbocycles. The molecule has 1 unspecified atom stereocenters. The van der Waals surface area contributed by atoms with Crippen LogP contribution < -0.4 is 5.32 Å². The maximum atomic E-state index is 9.05. The van der Waals surface area contributed by atoms with Gasteiger partial charge in [-0.1, -0.05) is 32.6 Å². The third-order valence-electron chi connectivity index (χ3n) is 4.15. The maximum Gasteiger partial charge on any atom is 0.224 e. The number of halogens is 1. The fraction of sp³-hybridized carbons (Fsp3) is 0.688. The molecule has 1 fully saturated rings. The average molecular weight is 307 g/mol. The van der Waals surface area contributed by atoms with Crippen LogP contribution in [-0.4, -0.2) is 16.0 Å². The van der Waals surface area contributed by atoms with Gasteiger partial charge in [0, 0.05) is 30.1 Å². The van der Waals surface area contributed by atoms with E-state index in [0.29, 0.717) is 12.5 Å². The van der Waals surface area contributed by atoms with Gasteiger partial charge in [0.05, 0.1) is 6.07 Å². The number of nitrogens with zero attached hydrogens (tertiary/aromatic N) is 3. The highest BCUT2D eigenvalue weighted by Crippen LogP contribution is 2.31. The molecule has 5 heteroatoms. The minimum atomic E-state index is 0.184. The average Bonchev–Trinajstić information content (AvgIpc) is 2.48. The van der Waals surface area contributed by atoms with Crippen molar-refractivity contribution in [1.29, 1.82) is 5.26 Å². The fourth-order valence-corrected chi connectivity index (χ4v) is 3.18. The number of hydrogen-bond acceptors (Lipinski definition) is 4. The second-order valence-electron chi connectivity index (χ2n) is 5.77. The summed E-state index contributed by atoms with van der Waals surface area (Å²) in [6, 6.07) is 2.75. The van der Waals surface area contributed by atoms with E-state index in [9.17, 15) is 0 Å². The third kappa shape index (κ3) is 4.57. The summed E-state index contributed by atoms with van der Waals surface area (Å²) in [5.74, 6) is 1.01. The molecule has 0 spiro atoms. The molecule has 1 aromatic heterocycles. The van der Waals surface area contributed by atoms with E-state index in [1.165, 1.54) is 32.1 Å². The number of nitriles is 1. The Morgan fingerprint density at radius 3 is 2.86 bits per heavy atom. The zero-order valence-corrected chi connectivity index (χ0v) is 13.4. The van der Waals surface area contributed by atoms with Crippen molar-refractivity contribution in [3.8, 4) is 6.07 Å². The lowest BCUT2D eigenvalue weighted by atomic mass is 9.92. The van der Waals surface area contributed by atoms with Crippen LogP contribution in [0.2, 0.25) is 5.28 Å². The van der Waals surface area contributed by atoms with Crippen LogP contribution >= 0.6 is 11.6 Å². The highest BCUT2D eigenvalue weighted by molar-refractivity contribution is 6.28. The van der Waals surface area contributed by atoms with Gasteiger partial charge in [0.1, 0.15) is 5.82 Å². The summed E-state index contributed by atoms with van der Waals surface area (Å²) in [6.07, 6.45) is 10.5. The first-order chi connectivity index (χ1) is 10.2. The number of rotatable bonds is 6. The largest absolute Gasteiger partial charge is 0.367 e. The molecule has 4 nitrogen and oxygen atoms in total. The van der Waals surface area contributed by atoms with Gasteiger partial charge >= 0.3 is 0 Å². The first-order valence-electron chi connectivity index (χ1n) is 7.90. The second-order valence-corrected chi connectivity index (χ2v) is 6.11. The van der Waals surface area contributed by atoms with Crippen molar-refractivity contribution < 1.29 is 0 Å². The van der Waals surface area contributed by atoms with Crippen molar-refractivity contribution >= 4 is 17.4 Å². The van der Waals surface area contributed by atoms with E-state index < -0.39 is 0 Å². The SMILES string of the molecule is CCCC(CC#N)c1cnc(Cl)nc1NC1CCCCC1. The smallest absolute Gasteiger partial charge is 0.224 e. The summed E-state index contributed by atoms with van der Waals surface area (Å²) >= 11 is 5.97. The van der Waals surface area contributed by atoms with Crippen LogP contribution in [0.15, 0.2) is 6.20 Å². The van der Waals surface area contributed by atoms with E-state index in [-0.39, 0.29) is 11.2 Å². The molecule has 1 atom stereocenters. The lowest BCUT2D eigenvalue weighted by Crippen LogP contribution is -2.24. The van der Waals surface area contributed by atoms with Crippen LogP contribution in [-0.2, 0) is 0 Å². The summed E-state index contributed by atoms with van der Waals surface area (Å²) in [6.45, 7) is 2.13. The third-order valence-corrected chi connectivity index (χ3v) is 4.33. The van der Waals surface area contributed by atoms with Crippen molar-refractivity contribution in [3.63, 3.8) is 0 Å². The maximum absolute atomic E-state index is 9.05. The summed E-state index contributed by atoms with van der Waals surface area (Å²) in [4.78, 5) is 8.51. The molecule has 1 aromatic rings. The van der Waals surface area contributed by atoms with Gasteiger partial charge in [-0.2, -0.15) is 5.26 Å². The summed E-state index contributed by atoms with van der Waals surface area (Å²) in [5, 5.41) is 12.9. The van der Waals surface area contributed by atoms with E-state index in [1.54, 1.807) is 6.20 Å². The molecule has 114 valence electrons. The van der Waals surface area contributed by atoms with Crippen molar-refractivity contribution in [3.05, 3.63) is 17.0 Å². The molecule has 0 radical (unpaired) electrons. The van der Waals surface area contributed by atoms with Crippen LogP contribution in [0.3, 0.4) is 0 Å². The lowest BCUT2D eigenvalue weighted by Gasteiger charge is -2.25. The quantitative estimate of drug-likeness (QED) is 0.776. The van der Waals surface area contributed by atoms with Crippen LogP contribution in [0.1, 0.15) is 69.8 Å². The van der Waals surface area contributed by atoms with Crippen LogP contribution in [0.5, 0.6) is 0 Å². The molecule has 2 rings (SSSR count). The Hall–Kier alpha value is -1.34. The first-order valence-corrected chi connectivity index (χ1v) is 8.28. The summed E-state index contributed by atoms with van der Waals surface area (Å²) in [7, 11) is 0. The van der Waals surface area contributed by atoms with E-state index in [0.717, 1.165) is 24.2 Å². The monoisotopic (exact) mass is 306 g/mol. The molecule has 0 aromatic carbocycles. The van der Waals surface area contributed by atoms with Gasteiger partial charge in [-0.15, -0.1) is 0 Å². The van der Waals surface area contributed by atoms with Crippen LogP contribution in [0, 0.1) is 11.3 Å². The molecule has 0 amide bonds. The number of anilines is 1. The van der Waals surface area contributed by atoms with E-state index in [1.807, 2.05) is 0 Å². The molecular weight excluding hydrogens is 284 g/mol. The van der Waals surface area contributed by atoms with Gasteiger partial charge in [0.15, 0.2) is 0 Å². The van der Waals surface area contributed by atoms with Gasteiger partial charge in [0.2, 0.25) is 5.28 Å². The van der Waals surface area contributed by atoms with Crippen LogP contribution in [0.25, 0.3) is 0 Å². The highest BCUT2D eigenvalue weighted by Gasteiger charge is 2.20. The van der Waals surface area contributed by atoms with Crippen molar-refractivity contribution in [2.45, 2.75) is 70.3 Å². The summed E-state index contributed by atoms with van der Waals surface area (Å²) < 4.78 is 0. The van der Waals surface area contributed by atoms with Crippen LogP contribution in [0.4, 0.5) is 5.82 Å². The van der Waals surface area contributed by atoms with Gasteiger partial charge in [0.25, 0.3) is 0 Å². The Morgan fingerprint density at radius 1 is 1.43 bits per heavy atom. The molecule has 1 aliphatic carbocycles. The molecule has 1 aliphatic rings. The number of nitrogens with one attached hydrogen (secondary N) is 1. The predicted molar refractivity (Wildman–Crippen MR) is 85.4 cm³/mol. The molecule has 0 saturated heterocycles. The summed E-state index contributed by atoms with van der Waals surface area (Å²) in [5.41, 5.74) is 1.04. The van der Waals surface area contributed by atoms with E-state index in [2.05, 4.69) is 28.3 Å². The Labute approximate surface area is 131 Å². The zero-order valence-electron chi connectivity index (χ0n) is 12.6. The Morgan fingerprint density at radius 2 is 2.19 bits per heavy atom. The van der Waals surface area contributed by atoms with Gasteiger partial charge in [-0.3, -0.25) is 0 Å². The highest BCUT2D eigenvalue weighted by atomic mass is 35.5. The van der Waals surface area contributed by atoms with Crippen molar-refractivity contribution in [1.82, 2.24) is 9.97 Å². The normalized spacial score (nSPS) is 17.2. The molecule has 0 bridgehead atoms. The van der Waals surface area contributed by atoms with E-state index >= 15 is 0 Å². The second kappa shape index (κ2) is 8.19. The molecule has 0 aliphatic heterocycles. The van der Waals surface area contributed by atoms with Gasteiger partial charge < -0.3 is 5.32 Å². The fourth-order valence-electron chi connectivity index (χ4n) is 3.05. The Balaban J connectivity index is 2.20. The van der Waals surface area contributed by atoms with Gasteiger partial charge in [-0.25, -0.2) is 9.97 Å². The van der Waals surface area contributed by atoms with E-state index in [4.69, 9.17) is 16.9 Å². The number of aromatic nitrogens is 2. The predicted octanol–water partition coefficient (Wildman–Crippen LogP) is 4.67. The zero-order chi connectivity index (χ0) is 15.1. The first kappa shape index (κ1) is 16.0. The van der Waals surface area contributed by atoms with Crippen molar-refractivity contribution in [2.24, 2.45) is 0 Å². The lowest BCUT2D eigenvalue weighted by molar-refractivity contribution is 0.461. The number of hydrogen-bond donors (Lipinski definition) is 1. The molecule has 1 N–H and O–H groups in total. The van der Waals surface area contributed by atoms with Gasteiger partial charge in [-0.05, 0) is 30.9 Å². The molecule has 21 heavy (non-hydrogen) atoms. The van der Waals surface area contributed by atoms with Crippen molar-refractivity contribution in [2.75, 3.05) is 5.32 Å². The molecule has 1 heterocycles. The minimum Gasteiger partial charge on any atom is -0.367 e. The minimum absolute atomic E-state index is 0.184. The molecular formula is C16H23ClN4. The standard InChI is InChI=1S/C16H23ClN4/c1-2-6-12(9-10-18)14-11-19-16(17)21-15(14)20-13-7-4-3-5-8-13/h11-13H,2-9H2,1H3,(H,19,20,21). The topological polar surface area (TPSA) is 61.6 Å².